The van der Waals surface area contributed by atoms with E-state index < -0.39 is 12.0 Å². The summed E-state index contributed by atoms with van der Waals surface area (Å²) in [6.45, 7) is 2.00. The minimum Gasteiger partial charge on any atom is -0.481 e. The summed E-state index contributed by atoms with van der Waals surface area (Å²) in [6.07, 6.45) is -0.0202. The number of fused-ring (bicyclic) bond motifs is 1. The average Bonchev–Trinajstić information content (AvgIpc) is 2.56. The third kappa shape index (κ3) is 1.94. The van der Waals surface area contributed by atoms with E-state index in [0.29, 0.717) is 0 Å². The number of thiophene rings is 1. The van der Waals surface area contributed by atoms with Crippen molar-refractivity contribution in [1.82, 2.24) is 0 Å². The normalized spacial score (nSPS) is 12.9. The summed E-state index contributed by atoms with van der Waals surface area (Å²) in [5.41, 5.74) is 7.00. The van der Waals surface area contributed by atoms with Crippen LogP contribution in [0.2, 0.25) is 0 Å². The van der Waals surface area contributed by atoms with Gasteiger partial charge < -0.3 is 10.8 Å². The van der Waals surface area contributed by atoms with Crippen molar-refractivity contribution < 1.29 is 9.90 Å². The van der Waals surface area contributed by atoms with Crippen molar-refractivity contribution in [3.63, 3.8) is 0 Å². The van der Waals surface area contributed by atoms with E-state index in [1.165, 1.54) is 5.39 Å². The fourth-order valence-electron chi connectivity index (χ4n) is 1.83. The van der Waals surface area contributed by atoms with Crippen molar-refractivity contribution in [2.45, 2.75) is 19.4 Å². The highest BCUT2D eigenvalue weighted by Crippen LogP contribution is 2.34. The highest BCUT2D eigenvalue weighted by molar-refractivity contribution is 7.19. The van der Waals surface area contributed by atoms with Gasteiger partial charge in [-0.3, -0.25) is 4.79 Å². The summed E-state index contributed by atoms with van der Waals surface area (Å²) in [5, 5.41) is 9.91. The zero-order valence-corrected chi connectivity index (χ0v) is 9.75. The van der Waals surface area contributed by atoms with Crippen LogP contribution in [0.15, 0.2) is 24.3 Å². The predicted octanol–water partition coefficient (Wildman–Crippen LogP) is 2.68. The molecule has 16 heavy (non-hydrogen) atoms. The lowest BCUT2D eigenvalue weighted by molar-refractivity contribution is -0.137. The molecule has 0 radical (unpaired) electrons. The topological polar surface area (TPSA) is 63.3 Å². The van der Waals surface area contributed by atoms with Crippen LogP contribution in [0.25, 0.3) is 10.1 Å². The highest BCUT2D eigenvalue weighted by Gasteiger charge is 2.17. The minimum absolute atomic E-state index is 0.0202. The lowest BCUT2D eigenvalue weighted by atomic mass is 10.1. The third-order valence-corrected chi connectivity index (χ3v) is 4.02. The lowest BCUT2D eigenvalue weighted by Gasteiger charge is -2.07. The van der Waals surface area contributed by atoms with Crippen LogP contribution in [-0.2, 0) is 4.79 Å². The summed E-state index contributed by atoms with van der Waals surface area (Å²) < 4.78 is 1.16. The Kier molecular flexibility index (Phi) is 2.94. The SMILES string of the molecule is Cc1c(C(N)CC(=O)O)sc2ccccc12. The van der Waals surface area contributed by atoms with Gasteiger partial charge in [-0.25, -0.2) is 0 Å². The molecule has 2 rings (SSSR count). The molecule has 1 heterocycles. The van der Waals surface area contributed by atoms with E-state index in [9.17, 15) is 4.79 Å². The van der Waals surface area contributed by atoms with Crippen LogP contribution in [0.1, 0.15) is 22.9 Å². The van der Waals surface area contributed by atoms with Gasteiger partial charge in [-0.05, 0) is 23.9 Å². The molecular weight excluding hydrogens is 222 g/mol. The number of carboxylic acid groups (broad SMARTS) is 1. The molecule has 0 saturated carbocycles. The molecule has 0 fully saturated rings. The molecule has 0 bridgehead atoms. The molecule has 84 valence electrons. The standard InChI is InChI=1S/C12H13NO2S/c1-7-8-4-2-3-5-10(8)16-12(7)9(13)6-11(14)15/h2-5,9H,6,13H2,1H3,(H,14,15). The minimum atomic E-state index is -0.857. The number of carbonyl (C=O) groups is 1. The van der Waals surface area contributed by atoms with E-state index in [1.807, 2.05) is 31.2 Å². The fourth-order valence-corrected chi connectivity index (χ4v) is 3.04. The molecule has 1 aromatic carbocycles. The summed E-state index contributed by atoms with van der Waals surface area (Å²) in [7, 11) is 0. The molecule has 0 spiro atoms. The molecule has 1 aromatic heterocycles. The molecule has 0 amide bonds. The van der Waals surface area contributed by atoms with Gasteiger partial charge in [-0.1, -0.05) is 18.2 Å². The first-order valence-electron chi connectivity index (χ1n) is 5.05. The average molecular weight is 235 g/mol. The maximum Gasteiger partial charge on any atom is 0.305 e. The Morgan fingerprint density at radius 3 is 2.81 bits per heavy atom. The van der Waals surface area contributed by atoms with Gasteiger partial charge in [0.1, 0.15) is 0 Å². The van der Waals surface area contributed by atoms with Crippen molar-refractivity contribution in [3.8, 4) is 0 Å². The molecule has 4 heteroatoms. The van der Waals surface area contributed by atoms with Gasteiger partial charge in [0.05, 0.1) is 6.42 Å². The molecule has 0 aliphatic carbocycles. The number of nitrogens with two attached hydrogens (primary N) is 1. The molecule has 0 aliphatic heterocycles. The number of hydrogen-bond acceptors (Lipinski definition) is 3. The molecular formula is C12H13NO2S. The number of aryl methyl sites for hydroxylation is 1. The van der Waals surface area contributed by atoms with Crippen LogP contribution >= 0.6 is 11.3 Å². The van der Waals surface area contributed by atoms with Crippen LogP contribution in [0.4, 0.5) is 0 Å². The maximum atomic E-state index is 10.6. The Balaban J connectivity index is 2.45. The molecule has 0 saturated heterocycles. The number of benzene rings is 1. The first kappa shape index (κ1) is 11.1. The maximum absolute atomic E-state index is 10.6. The Hall–Kier alpha value is -1.39. The molecule has 2 aromatic rings. The summed E-state index contributed by atoms with van der Waals surface area (Å²) in [4.78, 5) is 11.6. The van der Waals surface area contributed by atoms with Crippen molar-refractivity contribution in [2.75, 3.05) is 0 Å². The van der Waals surface area contributed by atoms with Crippen molar-refractivity contribution in [1.29, 1.82) is 0 Å². The first-order valence-corrected chi connectivity index (χ1v) is 5.86. The number of carboxylic acids is 1. The van der Waals surface area contributed by atoms with E-state index in [4.69, 9.17) is 10.8 Å². The molecule has 0 aliphatic rings. The van der Waals surface area contributed by atoms with E-state index in [-0.39, 0.29) is 6.42 Å². The number of rotatable bonds is 3. The third-order valence-electron chi connectivity index (χ3n) is 2.61. The van der Waals surface area contributed by atoms with Gasteiger partial charge in [-0.2, -0.15) is 0 Å². The predicted molar refractivity (Wildman–Crippen MR) is 65.7 cm³/mol. The van der Waals surface area contributed by atoms with Crippen LogP contribution in [0, 0.1) is 6.92 Å². The largest absolute Gasteiger partial charge is 0.481 e. The van der Waals surface area contributed by atoms with Crippen LogP contribution in [0.3, 0.4) is 0 Å². The summed E-state index contributed by atoms with van der Waals surface area (Å²) >= 11 is 1.59. The van der Waals surface area contributed by atoms with Crippen molar-refractivity contribution in [2.24, 2.45) is 5.73 Å². The number of hydrogen-bond donors (Lipinski definition) is 2. The molecule has 1 atom stereocenters. The quantitative estimate of drug-likeness (QED) is 0.859. The van der Waals surface area contributed by atoms with Crippen molar-refractivity contribution in [3.05, 3.63) is 34.7 Å². The van der Waals surface area contributed by atoms with Gasteiger partial charge in [0.15, 0.2) is 0 Å². The van der Waals surface area contributed by atoms with Gasteiger partial charge >= 0.3 is 5.97 Å². The van der Waals surface area contributed by atoms with Gasteiger partial charge in [-0.15, -0.1) is 11.3 Å². The smallest absolute Gasteiger partial charge is 0.305 e. The van der Waals surface area contributed by atoms with Crippen LogP contribution in [-0.4, -0.2) is 11.1 Å². The zero-order valence-electron chi connectivity index (χ0n) is 8.93. The van der Waals surface area contributed by atoms with Gasteiger partial charge in [0.25, 0.3) is 0 Å². The van der Waals surface area contributed by atoms with Crippen LogP contribution in [0.5, 0.6) is 0 Å². The van der Waals surface area contributed by atoms with Gasteiger partial charge in [0, 0.05) is 15.6 Å². The molecule has 3 N–H and O–H groups in total. The zero-order chi connectivity index (χ0) is 11.7. The highest BCUT2D eigenvalue weighted by atomic mass is 32.1. The monoisotopic (exact) mass is 235 g/mol. The first-order chi connectivity index (χ1) is 7.59. The Bertz CT molecular complexity index is 533. The van der Waals surface area contributed by atoms with E-state index in [1.54, 1.807) is 11.3 Å². The van der Waals surface area contributed by atoms with Crippen molar-refractivity contribution >= 4 is 27.4 Å². The Morgan fingerprint density at radius 2 is 2.19 bits per heavy atom. The molecule has 1 unspecified atom stereocenters. The van der Waals surface area contributed by atoms with Crippen LogP contribution < -0.4 is 5.73 Å². The summed E-state index contributed by atoms with van der Waals surface area (Å²) in [5.74, 6) is -0.857. The number of aliphatic carboxylic acids is 1. The second kappa shape index (κ2) is 4.23. The van der Waals surface area contributed by atoms with E-state index in [2.05, 4.69) is 0 Å². The second-order valence-corrected chi connectivity index (χ2v) is 4.88. The Labute approximate surface area is 97.5 Å². The second-order valence-electron chi connectivity index (χ2n) is 3.79. The summed E-state index contributed by atoms with van der Waals surface area (Å²) in [6, 6.07) is 7.62. The molecule has 3 nitrogen and oxygen atoms in total. The van der Waals surface area contributed by atoms with E-state index >= 15 is 0 Å². The van der Waals surface area contributed by atoms with E-state index in [0.717, 1.165) is 15.1 Å². The lowest BCUT2D eigenvalue weighted by Crippen LogP contribution is -2.14. The fraction of sp³-hybridized carbons (Fsp3) is 0.250. The Morgan fingerprint density at radius 1 is 1.50 bits per heavy atom. The van der Waals surface area contributed by atoms with Gasteiger partial charge in [0.2, 0.25) is 0 Å².